The van der Waals surface area contributed by atoms with E-state index in [0.717, 1.165) is 25.7 Å². The van der Waals surface area contributed by atoms with Crippen molar-refractivity contribution in [2.75, 3.05) is 7.11 Å². The summed E-state index contributed by atoms with van der Waals surface area (Å²) in [5, 5.41) is 5.55. The van der Waals surface area contributed by atoms with E-state index in [-0.39, 0.29) is 18.1 Å². The molecule has 1 saturated carbocycles. The molecule has 1 heterocycles. The average molecular weight is 346 g/mol. The van der Waals surface area contributed by atoms with Gasteiger partial charge in [-0.05, 0) is 31.0 Å². The summed E-state index contributed by atoms with van der Waals surface area (Å²) in [5.41, 5.74) is 0.586. The minimum Gasteiger partial charge on any atom is -0.431 e. The molecule has 2 aromatic rings. The standard InChI is InChI=1S/C18H22N2O3S/c1-22-16-9-4-2-3-8-15(16)20-17(21)13-6-5-7-14(12-13)23-18-19-10-11-24-18/h5-7,10-12,15-16H,2-4,8-9H2,1H3,(H,20,21)/t15-,16-/m1/s1. The van der Waals surface area contributed by atoms with Gasteiger partial charge in [0.05, 0.1) is 12.1 Å². The van der Waals surface area contributed by atoms with Gasteiger partial charge in [0.2, 0.25) is 0 Å². The van der Waals surface area contributed by atoms with Gasteiger partial charge in [-0.3, -0.25) is 4.79 Å². The molecule has 0 unspecified atom stereocenters. The van der Waals surface area contributed by atoms with Crippen molar-refractivity contribution in [2.45, 2.75) is 44.2 Å². The normalized spacial score (nSPS) is 21.0. The molecule has 3 rings (SSSR count). The molecule has 0 bridgehead atoms. The lowest BCUT2D eigenvalue weighted by molar-refractivity contribution is 0.0568. The van der Waals surface area contributed by atoms with Crippen molar-refractivity contribution in [1.82, 2.24) is 10.3 Å². The van der Waals surface area contributed by atoms with Crippen molar-refractivity contribution >= 4 is 17.2 Å². The number of nitrogens with one attached hydrogen (secondary N) is 1. The van der Waals surface area contributed by atoms with Gasteiger partial charge in [-0.15, -0.1) is 0 Å². The van der Waals surface area contributed by atoms with E-state index in [1.54, 1.807) is 25.4 Å². The lowest BCUT2D eigenvalue weighted by atomic mass is 10.1. The van der Waals surface area contributed by atoms with Gasteiger partial charge in [-0.2, -0.15) is 0 Å². The van der Waals surface area contributed by atoms with E-state index in [1.165, 1.54) is 17.8 Å². The quantitative estimate of drug-likeness (QED) is 0.831. The molecule has 1 aliphatic carbocycles. The first-order chi connectivity index (χ1) is 11.8. The van der Waals surface area contributed by atoms with E-state index < -0.39 is 0 Å². The largest absolute Gasteiger partial charge is 0.431 e. The van der Waals surface area contributed by atoms with E-state index in [2.05, 4.69) is 10.3 Å². The molecule has 0 spiro atoms. The Bertz CT molecular complexity index is 660. The predicted octanol–water partition coefficient (Wildman–Crippen LogP) is 4.01. The first-order valence-corrected chi connectivity index (χ1v) is 9.15. The summed E-state index contributed by atoms with van der Waals surface area (Å²) in [6.45, 7) is 0. The van der Waals surface area contributed by atoms with E-state index in [9.17, 15) is 4.79 Å². The third-order valence-electron chi connectivity index (χ3n) is 4.28. The number of hydrogen-bond donors (Lipinski definition) is 1. The van der Waals surface area contributed by atoms with Gasteiger partial charge in [0, 0.05) is 24.3 Å². The van der Waals surface area contributed by atoms with Crippen molar-refractivity contribution < 1.29 is 14.3 Å². The van der Waals surface area contributed by atoms with E-state index in [1.807, 2.05) is 17.5 Å². The molecule has 6 heteroatoms. The SMILES string of the molecule is CO[C@@H]1CCCCC[C@H]1NC(=O)c1cccc(Oc2nccs2)c1. The number of nitrogens with zero attached hydrogens (tertiary/aromatic N) is 1. The summed E-state index contributed by atoms with van der Waals surface area (Å²) >= 11 is 1.42. The number of thiazole rings is 1. The zero-order valence-electron chi connectivity index (χ0n) is 13.7. The number of aromatic nitrogens is 1. The highest BCUT2D eigenvalue weighted by atomic mass is 32.1. The highest BCUT2D eigenvalue weighted by molar-refractivity contribution is 7.11. The first kappa shape index (κ1) is 16.9. The van der Waals surface area contributed by atoms with Gasteiger partial charge in [-0.1, -0.05) is 36.7 Å². The number of hydrogen-bond acceptors (Lipinski definition) is 5. The second-order valence-corrected chi connectivity index (χ2v) is 6.78. The Hall–Kier alpha value is -1.92. The summed E-state index contributed by atoms with van der Waals surface area (Å²) in [7, 11) is 1.72. The maximum absolute atomic E-state index is 12.6. The van der Waals surface area contributed by atoms with Crippen molar-refractivity contribution in [3.63, 3.8) is 0 Å². The van der Waals surface area contributed by atoms with Gasteiger partial charge < -0.3 is 14.8 Å². The Morgan fingerprint density at radius 3 is 2.96 bits per heavy atom. The molecule has 128 valence electrons. The van der Waals surface area contributed by atoms with Gasteiger partial charge in [0.1, 0.15) is 5.75 Å². The summed E-state index contributed by atoms with van der Waals surface area (Å²) in [6, 6.07) is 7.24. The van der Waals surface area contributed by atoms with Gasteiger partial charge in [0.25, 0.3) is 11.1 Å². The molecule has 0 saturated heterocycles. The Labute approximate surface area is 146 Å². The molecule has 1 fully saturated rings. The van der Waals surface area contributed by atoms with Crippen LogP contribution in [-0.2, 0) is 4.74 Å². The molecule has 2 atom stereocenters. The lowest BCUT2D eigenvalue weighted by Gasteiger charge is -2.25. The minimum atomic E-state index is -0.0893. The molecule has 5 nitrogen and oxygen atoms in total. The number of ether oxygens (including phenoxy) is 2. The van der Waals surface area contributed by atoms with E-state index in [4.69, 9.17) is 9.47 Å². The topological polar surface area (TPSA) is 60.5 Å². The van der Waals surface area contributed by atoms with Crippen LogP contribution in [0.15, 0.2) is 35.8 Å². The molecule has 1 aromatic carbocycles. The number of methoxy groups -OCH3 is 1. The Kier molecular flexibility index (Phi) is 5.82. The smallest absolute Gasteiger partial charge is 0.278 e. The van der Waals surface area contributed by atoms with Crippen LogP contribution in [0.5, 0.6) is 10.9 Å². The number of carbonyl (C=O) groups excluding carboxylic acids is 1. The first-order valence-electron chi connectivity index (χ1n) is 8.27. The Morgan fingerprint density at radius 1 is 1.29 bits per heavy atom. The zero-order valence-corrected chi connectivity index (χ0v) is 14.6. The van der Waals surface area contributed by atoms with Crippen LogP contribution >= 0.6 is 11.3 Å². The number of amides is 1. The summed E-state index contributed by atoms with van der Waals surface area (Å²) in [6.07, 6.45) is 7.21. The highest BCUT2D eigenvalue weighted by Gasteiger charge is 2.25. The molecule has 1 amide bonds. The molecular formula is C18H22N2O3S. The van der Waals surface area contributed by atoms with Crippen LogP contribution in [0.2, 0.25) is 0 Å². The lowest BCUT2D eigenvalue weighted by Crippen LogP contribution is -2.43. The highest BCUT2D eigenvalue weighted by Crippen LogP contribution is 2.24. The van der Waals surface area contributed by atoms with Crippen LogP contribution in [0, 0.1) is 0 Å². The van der Waals surface area contributed by atoms with Crippen molar-refractivity contribution in [1.29, 1.82) is 0 Å². The number of carbonyl (C=O) groups is 1. The average Bonchev–Trinajstić information content (AvgIpc) is 3.00. The van der Waals surface area contributed by atoms with Gasteiger partial charge >= 0.3 is 0 Å². The summed E-state index contributed by atoms with van der Waals surface area (Å²) < 4.78 is 11.2. The third-order valence-corrected chi connectivity index (χ3v) is 4.93. The fraction of sp³-hybridized carbons (Fsp3) is 0.444. The van der Waals surface area contributed by atoms with Crippen LogP contribution in [0.4, 0.5) is 0 Å². The molecule has 0 aliphatic heterocycles. The van der Waals surface area contributed by atoms with Crippen molar-refractivity contribution in [3.8, 4) is 10.9 Å². The number of benzene rings is 1. The molecular weight excluding hydrogens is 324 g/mol. The molecule has 1 aromatic heterocycles. The Balaban J connectivity index is 1.67. The second-order valence-electron chi connectivity index (χ2n) is 5.92. The fourth-order valence-corrected chi connectivity index (χ4v) is 3.54. The van der Waals surface area contributed by atoms with Crippen LogP contribution in [0.1, 0.15) is 42.5 Å². The van der Waals surface area contributed by atoms with E-state index in [0.29, 0.717) is 16.5 Å². The van der Waals surface area contributed by atoms with Crippen molar-refractivity contribution in [3.05, 3.63) is 41.4 Å². The molecule has 0 radical (unpaired) electrons. The monoisotopic (exact) mass is 346 g/mol. The maximum atomic E-state index is 12.6. The Morgan fingerprint density at radius 2 is 2.17 bits per heavy atom. The van der Waals surface area contributed by atoms with Gasteiger partial charge in [-0.25, -0.2) is 4.98 Å². The van der Waals surface area contributed by atoms with E-state index >= 15 is 0 Å². The van der Waals surface area contributed by atoms with Crippen molar-refractivity contribution in [2.24, 2.45) is 0 Å². The minimum absolute atomic E-state index is 0.0635. The zero-order chi connectivity index (χ0) is 16.8. The van der Waals surface area contributed by atoms with Gasteiger partial charge in [0.15, 0.2) is 0 Å². The summed E-state index contributed by atoms with van der Waals surface area (Å²) in [5.74, 6) is 0.523. The molecule has 24 heavy (non-hydrogen) atoms. The number of rotatable bonds is 5. The molecule has 1 aliphatic rings. The maximum Gasteiger partial charge on any atom is 0.278 e. The second kappa shape index (κ2) is 8.26. The predicted molar refractivity (Wildman–Crippen MR) is 93.8 cm³/mol. The fourth-order valence-electron chi connectivity index (χ4n) is 3.03. The molecule has 1 N–H and O–H groups in total. The third kappa shape index (κ3) is 4.33. The van der Waals surface area contributed by atoms with Crippen LogP contribution in [0.3, 0.4) is 0 Å². The summed E-state index contributed by atoms with van der Waals surface area (Å²) in [4.78, 5) is 16.7. The van der Waals surface area contributed by atoms with Crippen LogP contribution < -0.4 is 10.1 Å². The van der Waals surface area contributed by atoms with Crippen LogP contribution in [0.25, 0.3) is 0 Å². The van der Waals surface area contributed by atoms with Crippen LogP contribution in [-0.4, -0.2) is 30.1 Å².